The molecule has 0 fully saturated rings. The van der Waals surface area contributed by atoms with E-state index < -0.39 is 16.0 Å². The lowest BCUT2D eigenvalue weighted by Crippen LogP contribution is -2.33. The summed E-state index contributed by atoms with van der Waals surface area (Å²) < 4.78 is 25.1. The third-order valence-corrected chi connectivity index (χ3v) is 5.09. The molecule has 0 saturated heterocycles. The van der Waals surface area contributed by atoms with Crippen LogP contribution in [0.25, 0.3) is 0 Å². The van der Waals surface area contributed by atoms with Crippen molar-refractivity contribution in [1.29, 1.82) is 0 Å². The summed E-state index contributed by atoms with van der Waals surface area (Å²) >= 11 is 0. The molecule has 0 spiro atoms. The summed E-state index contributed by atoms with van der Waals surface area (Å²) in [4.78, 5) is 12.9. The van der Waals surface area contributed by atoms with Crippen LogP contribution in [0.4, 0.5) is 5.69 Å². The molecule has 1 atom stereocenters. The SMILES string of the molecule is CC(CO)N(C)c1ccc(S(=O)(=O)N(C)C)cc1C(=O)O. The molecule has 0 aliphatic carbocycles. The van der Waals surface area contributed by atoms with E-state index in [1.165, 1.54) is 26.2 Å². The zero-order valence-corrected chi connectivity index (χ0v) is 13.3. The lowest BCUT2D eigenvalue weighted by molar-refractivity contribution is 0.0697. The van der Waals surface area contributed by atoms with E-state index in [1.54, 1.807) is 18.9 Å². The molecule has 0 bridgehead atoms. The van der Waals surface area contributed by atoms with Gasteiger partial charge in [0, 0.05) is 27.2 Å². The molecule has 0 saturated carbocycles. The van der Waals surface area contributed by atoms with Gasteiger partial charge in [-0.05, 0) is 25.1 Å². The number of likely N-dealkylation sites (N-methyl/N-ethyl adjacent to an activating group) is 1. The number of sulfonamides is 1. The maximum absolute atomic E-state index is 12.1. The van der Waals surface area contributed by atoms with Gasteiger partial charge < -0.3 is 15.1 Å². The molecule has 1 unspecified atom stereocenters. The molecule has 1 aromatic rings. The normalized spacial score (nSPS) is 13.2. The Bertz CT molecular complexity index is 627. The van der Waals surface area contributed by atoms with Gasteiger partial charge in [-0.25, -0.2) is 17.5 Å². The third kappa shape index (κ3) is 3.52. The molecule has 21 heavy (non-hydrogen) atoms. The second-order valence-electron chi connectivity index (χ2n) is 4.91. The first-order chi connectivity index (χ1) is 9.62. The van der Waals surface area contributed by atoms with Crippen molar-refractivity contribution in [2.75, 3.05) is 32.6 Å². The van der Waals surface area contributed by atoms with Crippen molar-refractivity contribution in [3.05, 3.63) is 23.8 Å². The number of aliphatic hydroxyl groups excluding tert-OH is 1. The number of aliphatic hydroxyl groups is 1. The van der Waals surface area contributed by atoms with Crippen LogP contribution < -0.4 is 4.90 Å². The Morgan fingerprint density at radius 3 is 2.29 bits per heavy atom. The Morgan fingerprint density at radius 2 is 1.86 bits per heavy atom. The van der Waals surface area contributed by atoms with Gasteiger partial charge in [-0.1, -0.05) is 0 Å². The lowest BCUT2D eigenvalue weighted by Gasteiger charge is -2.27. The number of rotatable bonds is 6. The van der Waals surface area contributed by atoms with Gasteiger partial charge >= 0.3 is 5.97 Å². The highest BCUT2D eigenvalue weighted by Crippen LogP contribution is 2.26. The number of carboxylic acids is 1. The van der Waals surface area contributed by atoms with Crippen LogP contribution >= 0.6 is 0 Å². The van der Waals surface area contributed by atoms with E-state index >= 15 is 0 Å². The number of hydrogen-bond acceptors (Lipinski definition) is 5. The van der Waals surface area contributed by atoms with E-state index in [0.29, 0.717) is 5.69 Å². The molecule has 2 N–H and O–H groups in total. The highest BCUT2D eigenvalue weighted by atomic mass is 32.2. The van der Waals surface area contributed by atoms with Gasteiger partial charge in [0.25, 0.3) is 0 Å². The Labute approximate surface area is 124 Å². The molecule has 0 amide bonds. The number of hydrogen-bond donors (Lipinski definition) is 2. The van der Waals surface area contributed by atoms with Crippen molar-refractivity contribution >= 4 is 21.7 Å². The van der Waals surface area contributed by atoms with Crippen molar-refractivity contribution < 1.29 is 23.4 Å². The highest BCUT2D eigenvalue weighted by molar-refractivity contribution is 7.89. The van der Waals surface area contributed by atoms with E-state index in [2.05, 4.69) is 0 Å². The molecule has 7 nitrogen and oxygen atoms in total. The Kier molecular flexibility index (Phi) is 5.32. The molecule has 0 aliphatic heterocycles. The number of nitrogens with zero attached hydrogens (tertiary/aromatic N) is 2. The Hall–Kier alpha value is -1.64. The Morgan fingerprint density at radius 1 is 1.29 bits per heavy atom. The number of anilines is 1. The first kappa shape index (κ1) is 17.4. The summed E-state index contributed by atoms with van der Waals surface area (Å²) in [5, 5.41) is 18.5. The minimum absolute atomic E-state index is 0.0845. The average Bonchev–Trinajstić information content (AvgIpc) is 2.44. The lowest BCUT2D eigenvalue weighted by atomic mass is 10.1. The summed E-state index contributed by atoms with van der Waals surface area (Å²) in [6.45, 7) is 1.59. The first-order valence-corrected chi connectivity index (χ1v) is 7.70. The second kappa shape index (κ2) is 6.42. The number of carboxylic acid groups (broad SMARTS) is 1. The maximum Gasteiger partial charge on any atom is 0.337 e. The summed E-state index contributed by atoms with van der Waals surface area (Å²) in [5.41, 5.74) is 0.225. The van der Waals surface area contributed by atoms with Crippen LogP contribution in [0.5, 0.6) is 0 Å². The molecule has 0 radical (unpaired) electrons. The van der Waals surface area contributed by atoms with Gasteiger partial charge in [0.05, 0.1) is 22.8 Å². The number of benzene rings is 1. The fourth-order valence-electron chi connectivity index (χ4n) is 1.73. The fraction of sp³-hybridized carbons (Fsp3) is 0.462. The Balaban J connectivity index is 3.43. The van der Waals surface area contributed by atoms with Gasteiger partial charge in [-0.15, -0.1) is 0 Å². The zero-order chi connectivity index (χ0) is 16.4. The smallest absolute Gasteiger partial charge is 0.337 e. The van der Waals surface area contributed by atoms with Gasteiger partial charge in [0.15, 0.2) is 0 Å². The third-order valence-electron chi connectivity index (χ3n) is 3.28. The largest absolute Gasteiger partial charge is 0.478 e. The van der Waals surface area contributed by atoms with Gasteiger partial charge in [0.2, 0.25) is 10.0 Å². The van der Waals surface area contributed by atoms with Crippen molar-refractivity contribution in [2.45, 2.75) is 17.9 Å². The van der Waals surface area contributed by atoms with Gasteiger partial charge in [-0.2, -0.15) is 0 Å². The summed E-state index contributed by atoms with van der Waals surface area (Å²) in [6.07, 6.45) is 0. The molecule has 8 heteroatoms. The second-order valence-corrected chi connectivity index (χ2v) is 7.07. The summed E-state index contributed by atoms with van der Waals surface area (Å²) in [5.74, 6) is -1.22. The van der Waals surface area contributed by atoms with E-state index in [1.807, 2.05) is 0 Å². The monoisotopic (exact) mass is 316 g/mol. The predicted molar refractivity (Wildman–Crippen MR) is 79.2 cm³/mol. The van der Waals surface area contributed by atoms with Crippen molar-refractivity contribution in [2.24, 2.45) is 0 Å². The minimum atomic E-state index is -3.70. The number of aromatic carboxylic acids is 1. The molecule has 0 aliphatic rings. The molecular formula is C13H20N2O5S. The van der Waals surface area contributed by atoms with Crippen molar-refractivity contribution in [1.82, 2.24) is 4.31 Å². The highest BCUT2D eigenvalue weighted by Gasteiger charge is 2.23. The predicted octanol–water partition coefficient (Wildman–Crippen LogP) is 0.452. The fourth-order valence-corrected chi connectivity index (χ4v) is 2.65. The minimum Gasteiger partial charge on any atom is -0.478 e. The molecule has 0 heterocycles. The van der Waals surface area contributed by atoms with Crippen LogP contribution in [-0.2, 0) is 10.0 Å². The van der Waals surface area contributed by atoms with E-state index in [0.717, 1.165) is 10.4 Å². The molecule has 118 valence electrons. The molecule has 1 aromatic carbocycles. The standard InChI is InChI=1S/C13H20N2O5S/c1-9(8-16)15(4)12-6-5-10(7-11(12)13(17)18)21(19,20)14(2)3/h5-7,9,16H,8H2,1-4H3,(H,17,18). The van der Waals surface area contributed by atoms with Crippen LogP contribution in [0.3, 0.4) is 0 Å². The van der Waals surface area contributed by atoms with E-state index in [9.17, 15) is 18.3 Å². The van der Waals surface area contributed by atoms with Gasteiger partial charge in [-0.3, -0.25) is 0 Å². The quantitative estimate of drug-likeness (QED) is 0.791. The zero-order valence-electron chi connectivity index (χ0n) is 12.4. The molecule has 1 rings (SSSR count). The van der Waals surface area contributed by atoms with E-state index in [4.69, 9.17) is 5.11 Å². The topological polar surface area (TPSA) is 98.2 Å². The maximum atomic E-state index is 12.1. The number of carbonyl (C=O) groups is 1. The van der Waals surface area contributed by atoms with Crippen molar-refractivity contribution in [3.8, 4) is 0 Å². The van der Waals surface area contributed by atoms with E-state index in [-0.39, 0.29) is 23.1 Å². The van der Waals surface area contributed by atoms with Crippen molar-refractivity contribution in [3.63, 3.8) is 0 Å². The summed E-state index contributed by atoms with van der Waals surface area (Å²) in [7, 11) is 0.700. The van der Waals surface area contributed by atoms with Crippen LogP contribution in [-0.4, -0.2) is 62.7 Å². The first-order valence-electron chi connectivity index (χ1n) is 6.26. The summed E-state index contributed by atoms with van der Waals surface area (Å²) in [6, 6.07) is 3.64. The average molecular weight is 316 g/mol. The van der Waals surface area contributed by atoms with Crippen LogP contribution in [0.2, 0.25) is 0 Å². The molecule has 0 aromatic heterocycles. The van der Waals surface area contributed by atoms with Gasteiger partial charge in [0.1, 0.15) is 0 Å². The molecular weight excluding hydrogens is 296 g/mol. The van der Waals surface area contributed by atoms with Crippen LogP contribution in [0.1, 0.15) is 17.3 Å². The van der Waals surface area contributed by atoms with Crippen LogP contribution in [0, 0.1) is 0 Å². The van der Waals surface area contributed by atoms with Crippen LogP contribution in [0.15, 0.2) is 23.1 Å².